The summed E-state index contributed by atoms with van der Waals surface area (Å²) in [7, 11) is 0. The maximum atomic E-state index is 12.9. The van der Waals surface area contributed by atoms with E-state index in [2.05, 4.69) is 4.57 Å². The van der Waals surface area contributed by atoms with Gasteiger partial charge in [0.2, 0.25) is 6.79 Å². The van der Waals surface area contributed by atoms with E-state index in [1.807, 2.05) is 48.5 Å². The fourth-order valence-corrected chi connectivity index (χ4v) is 3.94. The van der Waals surface area contributed by atoms with E-state index in [9.17, 15) is 4.79 Å². The number of carbonyl (C=O) groups excluding carboxylic acids is 1. The smallest absolute Gasteiger partial charge is 0.359 e. The van der Waals surface area contributed by atoms with E-state index in [4.69, 9.17) is 19.2 Å². The van der Waals surface area contributed by atoms with Crippen LogP contribution in [0.3, 0.4) is 0 Å². The molecule has 2 aliphatic rings. The average molecular weight is 390 g/mol. The van der Waals surface area contributed by atoms with Gasteiger partial charge in [0, 0.05) is 12.1 Å². The minimum atomic E-state index is -0.379. The fraction of sp³-hybridized carbons (Fsp3) is 0.304. The zero-order valence-corrected chi connectivity index (χ0v) is 16.1. The van der Waals surface area contributed by atoms with Gasteiger partial charge < -0.3 is 18.8 Å². The van der Waals surface area contributed by atoms with Gasteiger partial charge in [0.1, 0.15) is 12.4 Å². The number of esters is 1. The van der Waals surface area contributed by atoms with Crippen LogP contribution < -0.4 is 9.47 Å². The van der Waals surface area contributed by atoms with E-state index in [0.717, 1.165) is 54.9 Å². The van der Waals surface area contributed by atoms with Gasteiger partial charge in [-0.15, -0.1) is 0 Å². The predicted molar refractivity (Wildman–Crippen MR) is 107 cm³/mol. The van der Waals surface area contributed by atoms with Crippen LogP contribution in [0, 0.1) is 0 Å². The van der Waals surface area contributed by atoms with E-state index in [1.165, 1.54) is 0 Å². The van der Waals surface area contributed by atoms with Crippen LogP contribution in [0.1, 0.15) is 41.0 Å². The van der Waals surface area contributed by atoms with Crippen molar-refractivity contribution < 1.29 is 19.0 Å². The molecule has 0 saturated carbocycles. The normalized spacial score (nSPS) is 14.9. The number of fused-ring (bicyclic) bond motifs is 2. The second-order valence-corrected chi connectivity index (χ2v) is 7.32. The summed E-state index contributed by atoms with van der Waals surface area (Å²) in [6.07, 6.45) is 4.15. The maximum absolute atomic E-state index is 12.9. The molecule has 3 heterocycles. The van der Waals surface area contributed by atoms with Gasteiger partial charge in [-0.05, 0) is 37.0 Å². The predicted octanol–water partition coefficient (Wildman–Crippen LogP) is 4.36. The number of hydrogen-bond acceptors (Lipinski definition) is 5. The molecule has 2 aliphatic heterocycles. The SMILES string of the molecule is O=C(OCc1ccc2c(c1)OCO2)c1nc(-c2ccccc2)n2c1CCCCC2. The first-order chi connectivity index (χ1) is 14.3. The molecular weight excluding hydrogens is 368 g/mol. The van der Waals surface area contributed by atoms with Crippen molar-refractivity contribution in [3.8, 4) is 22.9 Å². The Labute approximate surface area is 169 Å². The summed E-state index contributed by atoms with van der Waals surface area (Å²) >= 11 is 0. The van der Waals surface area contributed by atoms with Crippen molar-refractivity contribution in [2.24, 2.45) is 0 Å². The van der Waals surface area contributed by atoms with Crippen LogP contribution in [0.2, 0.25) is 0 Å². The van der Waals surface area contributed by atoms with Gasteiger partial charge in [0.15, 0.2) is 17.2 Å². The molecule has 3 aromatic rings. The minimum Gasteiger partial charge on any atom is -0.456 e. The largest absolute Gasteiger partial charge is 0.456 e. The summed E-state index contributed by atoms with van der Waals surface area (Å²) in [5.74, 6) is 1.86. The Morgan fingerprint density at radius 3 is 2.79 bits per heavy atom. The van der Waals surface area contributed by atoms with Crippen molar-refractivity contribution in [2.45, 2.75) is 38.8 Å². The zero-order chi connectivity index (χ0) is 19.6. The Morgan fingerprint density at radius 1 is 1.03 bits per heavy atom. The molecular formula is C23H22N2O4. The number of nitrogens with zero attached hydrogens (tertiary/aromatic N) is 2. The quantitative estimate of drug-likeness (QED) is 0.620. The van der Waals surface area contributed by atoms with Crippen molar-refractivity contribution in [1.29, 1.82) is 0 Å². The molecule has 29 heavy (non-hydrogen) atoms. The molecule has 0 amide bonds. The molecule has 0 aliphatic carbocycles. The first kappa shape index (κ1) is 17.8. The number of rotatable bonds is 4. The van der Waals surface area contributed by atoms with Gasteiger partial charge in [-0.2, -0.15) is 0 Å². The Bertz CT molecular complexity index is 1040. The van der Waals surface area contributed by atoms with Crippen LogP contribution >= 0.6 is 0 Å². The van der Waals surface area contributed by atoms with E-state index in [0.29, 0.717) is 17.2 Å². The second kappa shape index (κ2) is 7.62. The third kappa shape index (κ3) is 3.46. The summed E-state index contributed by atoms with van der Waals surface area (Å²) in [4.78, 5) is 17.6. The molecule has 1 aromatic heterocycles. The summed E-state index contributed by atoms with van der Waals surface area (Å²) in [5.41, 5.74) is 3.30. The van der Waals surface area contributed by atoms with Crippen molar-refractivity contribution in [1.82, 2.24) is 9.55 Å². The molecule has 0 radical (unpaired) electrons. The van der Waals surface area contributed by atoms with Gasteiger partial charge in [-0.1, -0.05) is 42.8 Å². The van der Waals surface area contributed by atoms with Crippen molar-refractivity contribution in [2.75, 3.05) is 6.79 Å². The number of benzene rings is 2. The molecule has 0 saturated heterocycles. The third-order valence-electron chi connectivity index (χ3n) is 5.40. The average Bonchev–Trinajstić information content (AvgIpc) is 3.29. The first-order valence-corrected chi connectivity index (χ1v) is 10.00. The topological polar surface area (TPSA) is 62.6 Å². The number of aromatic nitrogens is 2. The maximum Gasteiger partial charge on any atom is 0.359 e. The highest BCUT2D eigenvalue weighted by molar-refractivity contribution is 5.89. The Balaban J connectivity index is 1.41. The molecule has 5 rings (SSSR count). The monoisotopic (exact) mass is 390 g/mol. The van der Waals surface area contributed by atoms with Crippen LogP contribution in [-0.4, -0.2) is 22.3 Å². The van der Waals surface area contributed by atoms with Crippen LogP contribution in [0.25, 0.3) is 11.4 Å². The lowest BCUT2D eigenvalue weighted by Crippen LogP contribution is -2.10. The van der Waals surface area contributed by atoms with E-state index >= 15 is 0 Å². The Morgan fingerprint density at radius 2 is 1.90 bits per heavy atom. The zero-order valence-electron chi connectivity index (χ0n) is 16.1. The van der Waals surface area contributed by atoms with Gasteiger partial charge >= 0.3 is 5.97 Å². The van der Waals surface area contributed by atoms with E-state index < -0.39 is 0 Å². The molecule has 6 heteroatoms. The number of carbonyl (C=O) groups is 1. The fourth-order valence-electron chi connectivity index (χ4n) is 3.94. The van der Waals surface area contributed by atoms with Crippen molar-refractivity contribution in [3.63, 3.8) is 0 Å². The Hall–Kier alpha value is -3.28. The van der Waals surface area contributed by atoms with Crippen LogP contribution in [0.15, 0.2) is 48.5 Å². The summed E-state index contributed by atoms with van der Waals surface area (Å²) < 4.78 is 18.5. The number of ether oxygens (including phenoxy) is 3. The van der Waals surface area contributed by atoms with Crippen molar-refractivity contribution in [3.05, 3.63) is 65.5 Å². The highest BCUT2D eigenvalue weighted by Crippen LogP contribution is 2.33. The number of hydrogen-bond donors (Lipinski definition) is 0. The summed E-state index contributed by atoms with van der Waals surface area (Å²) in [6, 6.07) is 15.6. The molecule has 0 unspecified atom stereocenters. The van der Waals surface area contributed by atoms with Gasteiger partial charge in [0.05, 0.1) is 5.69 Å². The second-order valence-electron chi connectivity index (χ2n) is 7.32. The molecule has 148 valence electrons. The highest BCUT2D eigenvalue weighted by atomic mass is 16.7. The first-order valence-electron chi connectivity index (χ1n) is 10.00. The molecule has 0 fully saturated rings. The van der Waals surface area contributed by atoms with E-state index in [1.54, 1.807) is 0 Å². The van der Waals surface area contributed by atoms with Crippen LogP contribution in [0.5, 0.6) is 11.5 Å². The molecule has 6 nitrogen and oxygen atoms in total. The molecule has 2 aromatic carbocycles. The van der Waals surface area contributed by atoms with Gasteiger partial charge in [-0.3, -0.25) is 0 Å². The van der Waals surface area contributed by atoms with Crippen LogP contribution in [0.4, 0.5) is 0 Å². The molecule has 0 atom stereocenters. The van der Waals surface area contributed by atoms with Gasteiger partial charge in [0.25, 0.3) is 0 Å². The van der Waals surface area contributed by atoms with Crippen LogP contribution in [-0.2, 0) is 24.3 Å². The lowest BCUT2D eigenvalue weighted by atomic mass is 10.1. The highest BCUT2D eigenvalue weighted by Gasteiger charge is 2.25. The van der Waals surface area contributed by atoms with E-state index in [-0.39, 0.29) is 19.4 Å². The molecule has 0 N–H and O–H groups in total. The summed E-state index contributed by atoms with van der Waals surface area (Å²) in [5, 5.41) is 0. The Kier molecular flexibility index (Phi) is 4.68. The lowest BCUT2D eigenvalue weighted by Gasteiger charge is -2.09. The minimum absolute atomic E-state index is 0.169. The number of imidazole rings is 1. The third-order valence-corrected chi connectivity index (χ3v) is 5.40. The van der Waals surface area contributed by atoms with Crippen molar-refractivity contribution >= 4 is 5.97 Å². The standard InChI is InChI=1S/C23H22N2O4/c26-23(27-14-16-10-11-19-20(13-16)29-15-28-19)21-18-9-5-2-6-12-25(18)22(24-21)17-7-3-1-4-8-17/h1,3-4,7-8,10-11,13H,2,5-6,9,12,14-15H2. The molecule has 0 bridgehead atoms. The summed E-state index contributed by atoms with van der Waals surface area (Å²) in [6.45, 7) is 1.27. The molecule has 0 spiro atoms. The van der Waals surface area contributed by atoms with Gasteiger partial charge in [-0.25, -0.2) is 9.78 Å². The lowest BCUT2D eigenvalue weighted by molar-refractivity contribution is 0.0464.